The van der Waals surface area contributed by atoms with E-state index in [1.165, 1.54) is 0 Å². The van der Waals surface area contributed by atoms with Crippen LogP contribution in [0.2, 0.25) is 10.0 Å². The summed E-state index contributed by atoms with van der Waals surface area (Å²) in [7, 11) is 1.55. The lowest BCUT2D eigenvalue weighted by atomic mass is 10.1. The fraction of sp³-hybridized carbons (Fsp3) is 0.133. The van der Waals surface area contributed by atoms with Gasteiger partial charge in [0.05, 0.1) is 12.8 Å². The van der Waals surface area contributed by atoms with Crippen LogP contribution >= 0.6 is 23.2 Å². The van der Waals surface area contributed by atoms with Gasteiger partial charge >= 0.3 is 0 Å². The maximum Gasteiger partial charge on any atom is 0.248 e. The average Bonchev–Trinajstić information content (AvgIpc) is 2.46. The molecule has 0 fully saturated rings. The predicted molar refractivity (Wildman–Crippen MR) is 85.3 cm³/mol. The minimum atomic E-state index is -0.503. The molecule has 0 aliphatic heterocycles. The van der Waals surface area contributed by atoms with Crippen molar-refractivity contribution in [2.75, 3.05) is 12.4 Å². The molecule has 0 heterocycles. The Bertz CT molecular complexity index is 654. The number of nitrogens with two attached hydrogens (primary N) is 1. The Morgan fingerprint density at radius 2 is 1.90 bits per heavy atom. The lowest BCUT2D eigenvalue weighted by Crippen LogP contribution is -2.12. The topological polar surface area (TPSA) is 64.3 Å². The van der Waals surface area contributed by atoms with E-state index in [2.05, 4.69) is 5.32 Å². The van der Waals surface area contributed by atoms with Crippen LogP contribution in [0.15, 0.2) is 36.4 Å². The quantitative estimate of drug-likeness (QED) is 0.881. The molecule has 0 saturated heterocycles. The summed E-state index contributed by atoms with van der Waals surface area (Å²) in [5.74, 6) is 0.0969. The van der Waals surface area contributed by atoms with Crippen molar-refractivity contribution in [2.45, 2.75) is 6.54 Å². The number of amides is 1. The number of carbonyl (C=O) groups is 1. The Labute approximate surface area is 132 Å². The number of hydrogen-bond acceptors (Lipinski definition) is 3. The van der Waals surface area contributed by atoms with Crippen LogP contribution in [-0.4, -0.2) is 13.0 Å². The molecule has 0 unspecified atom stereocenters. The van der Waals surface area contributed by atoms with Crippen LogP contribution < -0.4 is 15.8 Å². The second kappa shape index (κ2) is 6.70. The molecule has 0 atom stereocenters. The van der Waals surface area contributed by atoms with Gasteiger partial charge in [0, 0.05) is 27.7 Å². The number of ether oxygens (including phenoxy) is 1. The third-order valence-electron chi connectivity index (χ3n) is 3.00. The molecule has 0 aromatic heterocycles. The maximum atomic E-state index is 11.2. The van der Waals surface area contributed by atoms with E-state index in [1.54, 1.807) is 43.5 Å². The van der Waals surface area contributed by atoms with Crippen LogP contribution in [0, 0.1) is 0 Å². The highest BCUT2D eigenvalue weighted by Gasteiger charge is 2.10. The zero-order chi connectivity index (χ0) is 15.4. The van der Waals surface area contributed by atoms with E-state index in [-0.39, 0.29) is 0 Å². The lowest BCUT2D eigenvalue weighted by Gasteiger charge is -2.13. The number of primary amides is 1. The minimum absolute atomic E-state index is 0.392. The molecule has 6 heteroatoms. The molecule has 2 aromatic rings. The normalized spacial score (nSPS) is 10.2. The van der Waals surface area contributed by atoms with Crippen LogP contribution in [-0.2, 0) is 6.54 Å². The van der Waals surface area contributed by atoms with Crippen LogP contribution in [0.25, 0.3) is 0 Å². The first kappa shape index (κ1) is 15.5. The molecular weight excluding hydrogens is 311 g/mol. The third kappa shape index (κ3) is 3.60. The first-order chi connectivity index (χ1) is 10.0. The van der Waals surface area contributed by atoms with E-state index >= 15 is 0 Å². The number of carbonyl (C=O) groups excluding carboxylic acids is 1. The SMILES string of the molecule is COc1ccc(C(N)=O)cc1NCc1c(Cl)cccc1Cl. The van der Waals surface area contributed by atoms with Crippen molar-refractivity contribution in [2.24, 2.45) is 5.73 Å². The van der Waals surface area contributed by atoms with Gasteiger partial charge in [-0.05, 0) is 30.3 Å². The molecule has 0 bridgehead atoms. The zero-order valence-electron chi connectivity index (χ0n) is 11.3. The van der Waals surface area contributed by atoms with Gasteiger partial charge < -0.3 is 15.8 Å². The highest BCUT2D eigenvalue weighted by Crippen LogP contribution is 2.29. The van der Waals surface area contributed by atoms with Crippen LogP contribution in [0.3, 0.4) is 0 Å². The lowest BCUT2D eigenvalue weighted by molar-refractivity contribution is 0.100. The maximum absolute atomic E-state index is 11.2. The van der Waals surface area contributed by atoms with Gasteiger partial charge in [0.1, 0.15) is 5.75 Å². The highest BCUT2D eigenvalue weighted by atomic mass is 35.5. The molecule has 0 radical (unpaired) electrons. The Morgan fingerprint density at radius 1 is 1.24 bits per heavy atom. The standard InChI is InChI=1S/C15H14Cl2N2O2/c1-21-14-6-5-9(15(18)20)7-13(14)19-8-10-11(16)3-2-4-12(10)17/h2-7,19H,8H2,1H3,(H2,18,20). The summed E-state index contributed by atoms with van der Waals surface area (Å²) in [5, 5.41) is 4.29. The highest BCUT2D eigenvalue weighted by molar-refractivity contribution is 6.36. The fourth-order valence-electron chi connectivity index (χ4n) is 1.88. The molecule has 0 spiro atoms. The van der Waals surface area contributed by atoms with E-state index < -0.39 is 5.91 Å². The smallest absolute Gasteiger partial charge is 0.248 e. The van der Waals surface area contributed by atoms with Crippen molar-refractivity contribution in [3.63, 3.8) is 0 Å². The Balaban J connectivity index is 2.26. The summed E-state index contributed by atoms with van der Waals surface area (Å²) in [5.41, 5.74) is 7.09. The van der Waals surface area contributed by atoms with E-state index in [0.717, 1.165) is 5.56 Å². The number of anilines is 1. The molecule has 4 nitrogen and oxygen atoms in total. The van der Waals surface area contributed by atoms with Gasteiger partial charge in [0.15, 0.2) is 0 Å². The molecule has 21 heavy (non-hydrogen) atoms. The largest absolute Gasteiger partial charge is 0.495 e. The summed E-state index contributed by atoms with van der Waals surface area (Å²) in [6, 6.07) is 10.2. The first-order valence-electron chi connectivity index (χ1n) is 6.17. The molecular formula is C15H14Cl2N2O2. The van der Waals surface area contributed by atoms with Crippen molar-refractivity contribution < 1.29 is 9.53 Å². The van der Waals surface area contributed by atoms with Gasteiger partial charge in [-0.3, -0.25) is 4.79 Å². The van der Waals surface area contributed by atoms with Crippen LogP contribution in [0.5, 0.6) is 5.75 Å². The van der Waals surface area contributed by atoms with Gasteiger partial charge in [0.25, 0.3) is 0 Å². The number of rotatable bonds is 5. The molecule has 2 aromatic carbocycles. The molecule has 0 aliphatic rings. The summed E-state index contributed by atoms with van der Waals surface area (Å²) in [6.45, 7) is 0.400. The van der Waals surface area contributed by atoms with Gasteiger partial charge in [-0.1, -0.05) is 29.3 Å². The Hall–Kier alpha value is -1.91. The number of methoxy groups -OCH3 is 1. The number of benzene rings is 2. The summed E-state index contributed by atoms with van der Waals surface area (Å²) in [4.78, 5) is 11.2. The molecule has 0 aliphatic carbocycles. The van der Waals surface area contributed by atoms with Crippen molar-refractivity contribution >= 4 is 34.8 Å². The predicted octanol–water partition coefficient (Wildman–Crippen LogP) is 3.71. The van der Waals surface area contributed by atoms with Crippen molar-refractivity contribution in [1.29, 1.82) is 0 Å². The first-order valence-corrected chi connectivity index (χ1v) is 6.93. The average molecular weight is 325 g/mol. The minimum Gasteiger partial charge on any atom is -0.495 e. The van der Waals surface area contributed by atoms with Crippen molar-refractivity contribution in [1.82, 2.24) is 0 Å². The molecule has 3 N–H and O–H groups in total. The molecule has 110 valence electrons. The third-order valence-corrected chi connectivity index (χ3v) is 3.71. The number of nitrogens with one attached hydrogen (secondary N) is 1. The van der Waals surface area contributed by atoms with Gasteiger partial charge in [0.2, 0.25) is 5.91 Å². The van der Waals surface area contributed by atoms with E-state index in [4.69, 9.17) is 33.7 Å². The van der Waals surface area contributed by atoms with Crippen LogP contribution in [0.4, 0.5) is 5.69 Å². The van der Waals surface area contributed by atoms with Gasteiger partial charge in [-0.25, -0.2) is 0 Å². The summed E-state index contributed by atoms with van der Waals surface area (Å²) in [6.07, 6.45) is 0. The van der Waals surface area contributed by atoms with Crippen LogP contribution in [0.1, 0.15) is 15.9 Å². The van der Waals surface area contributed by atoms with E-state index in [0.29, 0.717) is 33.6 Å². The van der Waals surface area contributed by atoms with Gasteiger partial charge in [-0.2, -0.15) is 0 Å². The molecule has 0 saturated carbocycles. The van der Waals surface area contributed by atoms with Gasteiger partial charge in [-0.15, -0.1) is 0 Å². The number of halogens is 2. The molecule has 2 rings (SSSR count). The second-order valence-corrected chi connectivity index (χ2v) is 5.15. The zero-order valence-corrected chi connectivity index (χ0v) is 12.8. The fourth-order valence-corrected chi connectivity index (χ4v) is 2.42. The van der Waals surface area contributed by atoms with E-state index in [9.17, 15) is 4.79 Å². The summed E-state index contributed by atoms with van der Waals surface area (Å²) < 4.78 is 5.25. The Kier molecular flexibility index (Phi) is 4.94. The van der Waals surface area contributed by atoms with Crippen molar-refractivity contribution in [3.8, 4) is 5.75 Å². The second-order valence-electron chi connectivity index (χ2n) is 4.33. The van der Waals surface area contributed by atoms with Crippen molar-refractivity contribution in [3.05, 3.63) is 57.6 Å². The Morgan fingerprint density at radius 3 is 2.48 bits per heavy atom. The summed E-state index contributed by atoms with van der Waals surface area (Å²) >= 11 is 12.2. The number of hydrogen-bond donors (Lipinski definition) is 2. The van der Waals surface area contributed by atoms with E-state index in [1.807, 2.05) is 0 Å². The molecule has 1 amide bonds. The monoisotopic (exact) mass is 324 g/mol.